The first-order valence-corrected chi connectivity index (χ1v) is 8.14. The molecule has 114 valence electrons. The zero-order valence-corrected chi connectivity index (χ0v) is 13.9. The van der Waals surface area contributed by atoms with Gasteiger partial charge in [0.05, 0.1) is 0 Å². The van der Waals surface area contributed by atoms with E-state index < -0.39 is 0 Å². The zero-order valence-electron chi connectivity index (χ0n) is 13.9. The van der Waals surface area contributed by atoms with Crippen LogP contribution in [-0.4, -0.2) is 61.2 Å². The monoisotopic (exact) mass is 269 g/mol. The fourth-order valence-corrected chi connectivity index (χ4v) is 2.99. The van der Waals surface area contributed by atoms with Crippen molar-refractivity contribution in [3.05, 3.63) is 0 Å². The Morgan fingerprint density at radius 2 is 1.79 bits per heavy atom. The van der Waals surface area contributed by atoms with E-state index in [2.05, 4.69) is 56.7 Å². The molecular weight excluding hydrogens is 234 g/mol. The molecule has 0 aliphatic carbocycles. The highest BCUT2D eigenvalue weighted by Crippen LogP contribution is 2.16. The molecule has 1 aliphatic heterocycles. The Bertz CT molecular complexity index is 242. The molecule has 1 rings (SSSR count). The second-order valence-electron chi connectivity index (χ2n) is 6.74. The predicted octanol–water partition coefficient (Wildman–Crippen LogP) is 2.28. The molecule has 0 aromatic rings. The van der Waals surface area contributed by atoms with E-state index in [1.165, 1.54) is 26.2 Å². The molecule has 1 aliphatic rings. The van der Waals surface area contributed by atoms with Crippen molar-refractivity contribution in [2.75, 3.05) is 39.3 Å². The standard InChI is InChI=1S/C16H35N3/c1-7-18-8-9-19(12-15(18)5)16(6)14(4)11-17-10-13(2)3/h13-17H,7-12H2,1-6H3. The van der Waals surface area contributed by atoms with E-state index in [0.717, 1.165) is 24.9 Å². The van der Waals surface area contributed by atoms with Crippen molar-refractivity contribution in [2.45, 2.75) is 53.6 Å². The molecule has 3 unspecified atom stereocenters. The lowest BCUT2D eigenvalue weighted by Gasteiger charge is -2.43. The van der Waals surface area contributed by atoms with Crippen LogP contribution in [0.1, 0.15) is 41.5 Å². The van der Waals surface area contributed by atoms with Gasteiger partial charge in [0.2, 0.25) is 0 Å². The third-order valence-corrected chi connectivity index (χ3v) is 4.62. The zero-order chi connectivity index (χ0) is 14.4. The molecule has 3 nitrogen and oxygen atoms in total. The highest BCUT2D eigenvalue weighted by molar-refractivity contribution is 4.83. The van der Waals surface area contributed by atoms with E-state index in [4.69, 9.17) is 0 Å². The Hall–Kier alpha value is -0.120. The molecule has 0 spiro atoms. The molecule has 1 fully saturated rings. The van der Waals surface area contributed by atoms with Crippen LogP contribution in [0.5, 0.6) is 0 Å². The van der Waals surface area contributed by atoms with Crippen LogP contribution in [0.3, 0.4) is 0 Å². The molecule has 0 radical (unpaired) electrons. The molecule has 0 amide bonds. The van der Waals surface area contributed by atoms with Crippen molar-refractivity contribution in [3.8, 4) is 0 Å². The summed E-state index contributed by atoms with van der Waals surface area (Å²) in [5, 5.41) is 3.60. The van der Waals surface area contributed by atoms with Gasteiger partial charge in [-0.15, -0.1) is 0 Å². The van der Waals surface area contributed by atoms with Gasteiger partial charge in [0, 0.05) is 31.7 Å². The molecule has 3 heteroatoms. The summed E-state index contributed by atoms with van der Waals surface area (Å²) in [5.74, 6) is 1.47. The molecule has 1 saturated heterocycles. The van der Waals surface area contributed by atoms with Crippen LogP contribution in [0.25, 0.3) is 0 Å². The van der Waals surface area contributed by atoms with Gasteiger partial charge in [-0.1, -0.05) is 27.7 Å². The summed E-state index contributed by atoms with van der Waals surface area (Å²) in [6.07, 6.45) is 0. The second kappa shape index (κ2) is 8.23. The second-order valence-corrected chi connectivity index (χ2v) is 6.74. The summed E-state index contributed by atoms with van der Waals surface area (Å²) >= 11 is 0. The van der Waals surface area contributed by atoms with Crippen molar-refractivity contribution in [1.82, 2.24) is 15.1 Å². The Balaban J connectivity index is 2.34. The van der Waals surface area contributed by atoms with Crippen LogP contribution in [-0.2, 0) is 0 Å². The fourth-order valence-electron chi connectivity index (χ4n) is 2.99. The first-order valence-electron chi connectivity index (χ1n) is 8.14. The maximum atomic E-state index is 3.60. The third-order valence-electron chi connectivity index (χ3n) is 4.62. The van der Waals surface area contributed by atoms with Crippen molar-refractivity contribution in [1.29, 1.82) is 0 Å². The van der Waals surface area contributed by atoms with Gasteiger partial charge >= 0.3 is 0 Å². The predicted molar refractivity (Wildman–Crippen MR) is 84.6 cm³/mol. The van der Waals surface area contributed by atoms with Crippen molar-refractivity contribution in [2.24, 2.45) is 11.8 Å². The van der Waals surface area contributed by atoms with E-state index >= 15 is 0 Å². The lowest BCUT2D eigenvalue weighted by atomic mass is 9.99. The molecule has 0 aromatic carbocycles. The van der Waals surface area contributed by atoms with Crippen LogP contribution < -0.4 is 5.32 Å². The minimum Gasteiger partial charge on any atom is -0.316 e. The summed E-state index contributed by atoms with van der Waals surface area (Å²) in [6.45, 7) is 21.1. The average molecular weight is 269 g/mol. The minimum absolute atomic E-state index is 0.682. The lowest BCUT2D eigenvalue weighted by molar-refractivity contribution is 0.0473. The third kappa shape index (κ3) is 5.41. The van der Waals surface area contributed by atoms with Gasteiger partial charge in [-0.3, -0.25) is 9.80 Å². The maximum Gasteiger partial charge on any atom is 0.0195 e. The van der Waals surface area contributed by atoms with Crippen LogP contribution in [0.15, 0.2) is 0 Å². The molecule has 19 heavy (non-hydrogen) atoms. The number of hydrogen-bond donors (Lipinski definition) is 1. The molecule has 3 atom stereocenters. The Kier molecular flexibility index (Phi) is 7.33. The van der Waals surface area contributed by atoms with Crippen LogP contribution >= 0.6 is 0 Å². The lowest BCUT2D eigenvalue weighted by Crippen LogP contribution is -2.55. The number of hydrogen-bond acceptors (Lipinski definition) is 3. The quantitative estimate of drug-likeness (QED) is 0.765. The van der Waals surface area contributed by atoms with Gasteiger partial charge < -0.3 is 5.32 Å². The summed E-state index contributed by atoms with van der Waals surface area (Å²) < 4.78 is 0. The fraction of sp³-hybridized carbons (Fsp3) is 1.00. The number of likely N-dealkylation sites (N-methyl/N-ethyl adjacent to an activating group) is 1. The summed E-state index contributed by atoms with van der Waals surface area (Å²) in [4.78, 5) is 5.27. The topological polar surface area (TPSA) is 18.5 Å². The average Bonchev–Trinajstić information content (AvgIpc) is 2.37. The largest absolute Gasteiger partial charge is 0.316 e. The summed E-state index contributed by atoms with van der Waals surface area (Å²) in [6, 6.07) is 1.39. The highest BCUT2D eigenvalue weighted by Gasteiger charge is 2.27. The van der Waals surface area contributed by atoms with Crippen molar-refractivity contribution < 1.29 is 0 Å². The van der Waals surface area contributed by atoms with Gasteiger partial charge in [0.1, 0.15) is 0 Å². The van der Waals surface area contributed by atoms with E-state index in [1.54, 1.807) is 0 Å². The first kappa shape index (κ1) is 16.9. The Labute approximate surface area is 120 Å². The van der Waals surface area contributed by atoms with Crippen LogP contribution in [0, 0.1) is 11.8 Å². The van der Waals surface area contributed by atoms with E-state index in [9.17, 15) is 0 Å². The number of nitrogens with zero attached hydrogens (tertiary/aromatic N) is 2. The molecular formula is C16H35N3. The summed E-state index contributed by atoms with van der Waals surface area (Å²) in [7, 11) is 0. The Morgan fingerprint density at radius 3 is 2.32 bits per heavy atom. The molecule has 0 saturated carbocycles. The van der Waals surface area contributed by atoms with E-state index in [1.807, 2.05) is 0 Å². The maximum absolute atomic E-state index is 3.60. The number of piperazine rings is 1. The van der Waals surface area contributed by atoms with Gasteiger partial charge in [0.25, 0.3) is 0 Å². The molecule has 1 N–H and O–H groups in total. The van der Waals surface area contributed by atoms with E-state index in [-0.39, 0.29) is 0 Å². The SMILES string of the molecule is CCN1CCN(C(C)C(C)CNCC(C)C)CC1C. The molecule has 0 bridgehead atoms. The van der Waals surface area contributed by atoms with Crippen LogP contribution in [0.4, 0.5) is 0 Å². The van der Waals surface area contributed by atoms with Crippen LogP contribution in [0.2, 0.25) is 0 Å². The highest BCUT2D eigenvalue weighted by atomic mass is 15.3. The van der Waals surface area contributed by atoms with Gasteiger partial charge in [-0.05, 0) is 45.3 Å². The van der Waals surface area contributed by atoms with Crippen molar-refractivity contribution in [3.63, 3.8) is 0 Å². The Morgan fingerprint density at radius 1 is 1.11 bits per heavy atom. The van der Waals surface area contributed by atoms with Gasteiger partial charge in [-0.25, -0.2) is 0 Å². The number of nitrogens with one attached hydrogen (secondary N) is 1. The summed E-state index contributed by atoms with van der Waals surface area (Å²) in [5.41, 5.74) is 0. The first-order chi connectivity index (χ1) is 8.95. The van der Waals surface area contributed by atoms with Crippen molar-refractivity contribution >= 4 is 0 Å². The minimum atomic E-state index is 0.682. The normalized spacial score (nSPS) is 25.7. The van der Waals surface area contributed by atoms with Gasteiger partial charge in [0.15, 0.2) is 0 Å². The molecule has 0 aromatic heterocycles. The number of rotatable bonds is 7. The smallest absolute Gasteiger partial charge is 0.0195 e. The molecule has 1 heterocycles. The van der Waals surface area contributed by atoms with Gasteiger partial charge in [-0.2, -0.15) is 0 Å². The van der Waals surface area contributed by atoms with E-state index in [0.29, 0.717) is 12.1 Å².